The molecule has 4 heteroatoms. The molecule has 0 aliphatic carbocycles. The molecule has 0 amide bonds. The second-order valence-electron chi connectivity index (χ2n) is 5.67. The van der Waals surface area contributed by atoms with Crippen LogP contribution in [0.3, 0.4) is 0 Å². The second-order valence-corrected chi connectivity index (χ2v) is 6.48. The molecule has 1 aromatic carbocycles. The van der Waals surface area contributed by atoms with Crippen molar-refractivity contribution in [3.63, 3.8) is 0 Å². The van der Waals surface area contributed by atoms with Gasteiger partial charge in [-0.15, -0.1) is 0 Å². The van der Waals surface area contributed by atoms with Gasteiger partial charge in [-0.25, -0.2) is 14.4 Å². The van der Waals surface area contributed by atoms with E-state index in [-0.39, 0.29) is 11.2 Å². The molecular weight excluding hydrogens is 307 g/mol. The van der Waals surface area contributed by atoms with Crippen LogP contribution >= 0.6 is 15.9 Å². The Balaban J connectivity index is 2.59. The average molecular weight is 323 g/mol. The maximum absolute atomic E-state index is 13.5. The Kier molecular flexibility index (Phi) is 3.72. The van der Waals surface area contributed by atoms with Crippen LogP contribution in [0.1, 0.15) is 32.2 Å². The maximum atomic E-state index is 13.5. The van der Waals surface area contributed by atoms with Crippen LogP contribution in [-0.4, -0.2) is 9.97 Å². The summed E-state index contributed by atoms with van der Waals surface area (Å²) in [5.41, 5.74) is 2.23. The van der Waals surface area contributed by atoms with Gasteiger partial charge in [0.1, 0.15) is 16.2 Å². The fraction of sp³-hybridized carbons (Fsp3) is 0.333. The van der Waals surface area contributed by atoms with Crippen LogP contribution in [0.4, 0.5) is 4.39 Å². The number of nitrogens with zero attached hydrogens (tertiary/aromatic N) is 2. The van der Waals surface area contributed by atoms with Crippen molar-refractivity contribution >= 4 is 15.9 Å². The highest BCUT2D eigenvalue weighted by molar-refractivity contribution is 9.10. The van der Waals surface area contributed by atoms with E-state index in [0.717, 1.165) is 22.6 Å². The molecule has 1 aromatic heterocycles. The summed E-state index contributed by atoms with van der Waals surface area (Å²) in [6.07, 6.45) is 0. The number of benzene rings is 1. The second kappa shape index (κ2) is 5.00. The molecule has 100 valence electrons. The smallest absolute Gasteiger partial charge is 0.135 e. The van der Waals surface area contributed by atoms with Gasteiger partial charge < -0.3 is 0 Å². The van der Waals surface area contributed by atoms with E-state index < -0.39 is 0 Å². The van der Waals surface area contributed by atoms with E-state index in [1.54, 1.807) is 0 Å². The third-order valence-corrected chi connectivity index (χ3v) is 3.11. The summed E-state index contributed by atoms with van der Waals surface area (Å²) in [6.45, 7) is 8.02. The summed E-state index contributed by atoms with van der Waals surface area (Å²) in [7, 11) is 0. The highest BCUT2D eigenvalue weighted by Gasteiger charge is 2.19. The van der Waals surface area contributed by atoms with Gasteiger partial charge in [0.15, 0.2) is 0 Å². The largest absolute Gasteiger partial charge is 0.232 e. The first kappa shape index (κ1) is 14.1. The van der Waals surface area contributed by atoms with Gasteiger partial charge in [-0.3, -0.25) is 0 Å². The van der Waals surface area contributed by atoms with Crippen molar-refractivity contribution in [1.82, 2.24) is 9.97 Å². The Labute approximate surface area is 121 Å². The van der Waals surface area contributed by atoms with Gasteiger partial charge >= 0.3 is 0 Å². The molecule has 0 N–H and O–H groups in total. The number of rotatable bonds is 1. The molecule has 0 atom stereocenters. The molecule has 0 saturated heterocycles. The van der Waals surface area contributed by atoms with Gasteiger partial charge in [0, 0.05) is 11.0 Å². The number of aromatic nitrogens is 2. The third-order valence-electron chi connectivity index (χ3n) is 2.70. The van der Waals surface area contributed by atoms with Crippen LogP contribution in [0.25, 0.3) is 11.3 Å². The van der Waals surface area contributed by atoms with E-state index in [0.29, 0.717) is 4.60 Å². The standard InChI is InChI=1S/C15H16BrFN2/c1-9-5-10(7-11(17)6-9)12-8-13(16)19-14(18-12)15(2,3)4/h5-8H,1-4H3. The zero-order valence-corrected chi connectivity index (χ0v) is 13.0. The predicted molar refractivity (Wildman–Crippen MR) is 78.6 cm³/mol. The summed E-state index contributed by atoms with van der Waals surface area (Å²) >= 11 is 3.39. The lowest BCUT2D eigenvalue weighted by atomic mass is 9.95. The van der Waals surface area contributed by atoms with Crippen LogP contribution in [0.2, 0.25) is 0 Å². The number of hydrogen-bond donors (Lipinski definition) is 0. The summed E-state index contributed by atoms with van der Waals surface area (Å²) in [6, 6.07) is 6.73. The lowest BCUT2D eigenvalue weighted by Crippen LogP contribution is -2.16. The molecule has 0 radical (unpaired) electrons. The molecule has 19 heavy (non-hydrogen) atoms. The first-order chi connectivity index (χ1) is 8.75. The normalized spacial score (nSPS) is 11.7. The van der Waals surface area contributed by atoms with Crippen molar-refractivity contribution in [3.05, 3.63) is 46.1 Å². The van der Waals surface area contributed by atoms with Crippen molar-refractivity contribution in [1.29, 1.82) is 0 Å². The lowest BCUT2D eigenvalue weighted by Gasteiger charge is -2.17. The Morgan fingerprint density at radius 2 is 1.74 bits per heavy atom. The van der Waals surface area contributed by atoms with Crippen molar-refractivity contribution in [2.24, 2.45) is 0 Å². The topological polar surface area (TPSA) is 25.8 Å². The van der Waals surface area contributed by atoms with Gasteiger partial charge in [-0.05, 0) is 52.7 Å². The Bertz CT molecular complexity index is 598. The third kappa shape index (κ3) is 3.38. The molecule has 0 bridgehead atoms. The molecular formula is C15H16BrFN2. The zero-order chi connectivity index (χ0) is 14.2. The molecule has 2 aromatic rings. The molecule has 0 aliphatic rings. The molecule has 0 saturated carbocycles. The van der Waals surface area contributed by atoms with E-state index in [1.165, 1.54) is 12.1 Å². The van der Waals surface area contributed by atoms with Crippen LogP contribution in [0.15, 0.2) is 28.9 Å². The minimum atomic E-state index is -0.248. The number of halogens is 2. The fourth-order valence-corrected chi connectivity index (χ4v) is 2.17. The minimum Gasteiger partial charge on any atom is -0.232 e. The minimum absolute atomic E-state index is 0.152. The molecule has 0 aliphatic heterocycles. The zero-order valence-electron chi connectivity index (χ0n) is 11.5. The van der Waals surface area contributed by atoms with E-state index in [4.69, 9.17) is 0 Å². The van der Waals surface area contributed by atoms with Gasteiger partial charge in [-0.1, -0.05) is 20.8 Å². The SMILES string of the molecule is Cc1cc(F)cc(-c2cc(Br)nc(C(C)(C)C)n2)c1. The molecule has 1 heterocycles. The first-order valence-electron chi connectivity index (χ1n) is 6.08. The summed E-state index contributed by atoms with van der Waals surface area (Å²) in [4.78, 5) is 8.94. The predicted octanol–water partition coefficient (Wildman–Crippen LogP) is 4.65. The Hall–Kier alpha value is -1.29. The quantitative estimate of drug-likeness (QED) is 0.714. The van der Waals surface area contributed by atoms with Crippen LogP contribution in [0.5, 0.6) is 0 Å². The molecule has 0 spiro atoms. The van der Waals surface area contributed by atoms with Gasteiger partial charge in [0.05, 0.1) is 5.69 Å². The summed E-state index contributed by atoms with van der Waals surface area (Å²) < 4.78 is 14.2. The fourth-order valence-electron chi connectivity index (χ4n) is 1.79. The monoisotopic (exact) mass is 322 g/mol. The molecule has 0 fully saturated rings. The van der Waals surface area contributed by atoms with Gasteiger partial charge in [-0.2, -0.15) is 0 Å². The van der Waals surface area contributed by atoms with Crippen molar-refractivity contribution in [2.45, 2.75) is 33.1 Å². The first-order valence-corrected chi connectivity index (χ1v) is 6.87. The van der Waals surface area contributed by atoms with Crippen LogP contribution in [0, 0.1) is 12.7 Å². The van der Waals surface area contributed by atoms with E-state index in [2.05, 4.69) is 46.7 Å². The molecule has 0 unspecified atom stereocenters. The van der Waals surface area contributed by atoms with Gasteiger partial charge in [0.2, 0.25) is 0 Å². The Morgan fingerprint density at radius 3 is 2.32 bits per heavy atom. The molecule has 2 rings (SSSR count). The van der Waals surface area contributed by atoms with E-state index >= 15 is 0 Å². The summed E-state index contributed by atoms with van der Waals surface area (Å²) in [5.74, 6) is 0.487. The van der Waals surface area contributed by atoms with Crippen molar-refractivity contribution in [3.8, 4) is 11.3 Å². The summed E-state index contributed by atoms with van der Waals surface area (Å²) in [5, 5.41) is 0. The number of aryl methyl sites for hydroxylation is 1. The number of hydrogen-bond acceptors (Lipinski definition) is 2. The van der Waals surface area contributed by atoms with Gasteiger partial charge in [0.25, 0.3) is 0 Å². The van der Waals surface area contributed by atoms with Crippen LogP contribution < -0.4 is 0 Å². The highest BCUT2D eigenvalue weighted by Crippen LogP contribution is 2.26. The molecule has 2 nitrogen and oxygen atoms in total. The lowest BCUT2D eigenvalue weighted by molar-refractivity contribution is 0.544. The van der Waals surface area contributed by atoms with Crippen molar-refractivity contribution < 1.29 is 4.39 Å². The van der Waals surface area contributed by atoms with E-state index in [1.807, 2.05) is 19.1 Å². The Morgan fingerprint density at radius 1 is 1.05 bits per heavy atom. The maximum Gasteiger partial charge on any atom is 0.135 e. The highest BCUT2D eigenvalue weighted by atomic mass is 79.9. The van der Waals surface area contributed by atoms with E-state index in [9.17, 15) is 4.39 Å². The average Bonchev–Trinajstić information content (AvgIpc) is 2.25. The van der Waals surface area contributed by atoms with Crippen LogP contribution in [-0.2, 0) is 5.41 Å². The van der Waals surface area contributed by atoms with Crippen molar-refractivity contribution in [2.75, 3.05) is 0 Å².